The van der Waals surface area contributed by atoms with E-state index in [-0.39, 0.29) is 0 Å². The summed E-state index contributed by atoms with van der Waals surface area (Å²) in [5, 5.41) is 1.36. The molecular weight excluding hydrogens is 248 g/mol. The zero-order valence-corrected chi connectivity index (χ0v) is 11.6. The van der Waals surface area contributed by atoms with Gasteiger partial charge in [0.05, 0.1) is 0 Å². The molecule has 0 unspecified atom stereocenters. The van der Waals surface area contributed by atoms with Crippen molar-refractivity contribution in [2.75, 3.05) is 0 Å². The number of fused-ring (bicyclic) bond motifs is 2. The molecule has 4 rings (SSSR count). The molecule has 0 saturated carbocycles. The summed E-state index contributed by atoms with van der Waals surface area (Å²) in [5.74, 6) is 0. The average molecular weight is 262 g/mol. The third-order valence-corrected chi connectivity index (χ3v) is 5.14. The van der Waals surface area contributed by atoms with Crippen LogP contribution in [0, 0.1) is 0 Å². The van der Waals surface area contributed by atoms with Gasteiger partial charge < -0.3 is 0 Å². The summed E-state index contributed by atoms with van der Waals surface area (Å²) in [6.45, 7) is 2.26. The van der Waals surface area contributed by atoms with E-state index in [9.17, 15) is 0 Å². The highest BCUT2D eigenvalue weighted by molar-refractivity contribution is 7.20. The van der Waals surface area contributed by atoms with E-state index in [2.05, 4.69) is 61.5 Å². The van der Waals surface area contributed by atoms with Crippen LogP contribution < -0.4 is 0 Å². The maximum absolute atomic E-state index is 2.34. The first-order chi connectivity index (χ1) is 9.33. The maximum Gasteiger partial charge on any atom is 0.0349 e. The summed E-state index contributed by atoms with van der Waals surface area (Å²) in [5.41, 5.74) is 5.84. The Morgan fingerprint density at radius 2 is 1.74 bits per heavy atom. The number of hydrogen-bond donors (Lipinski definition) is 0. The minimum Gasteiger partial charge on any atom is -0.136 e. The smallest absolute Gasteiger partial charge is 0.0349 e. The van der Waals surface area contributed by atoms with Gasteiger partial charge in [-0.25, -0.2) is 0 Å². The normalized spacial score (nSPS) is 14.2. The van der Waals surface area contributed by atoms with Crippen molar-refractivity contribution in [3.05, 3.63) is 70.6 Å². The van der Waals surface area contributed by atoms with Crippen LogP contribution in [0.1, 0.15) is 22.9 Å². The lowest BCUT2D eigenvalue weighted by molar-refractivity contribution is 1.33. The van der Waals surface area contributed by atoms with Crippen molar-refractivity contribution in [2.45, 2.75) is 13.3 Å². The van der Waals surface area contributed by atoms with Gasteiger partial charge in [0, 0.05) is 9.58 Å². The van der Waals surface area contributed by atoms with Crippen molar-refractivity contribution in [3.8, 4) is 0 Å². The lowest BCUT2D eigenvalue weighted by Crippen LogP contribution is -1.81. The molecule has 1 aliphatic rings. The number of hydrogen-bond acceptors (Lipinski definition) is 1. The van der Waals surface area contributed by atoms with Gasteiger partial charge in [-0.1, -0.05) is 42.5 Å². The highest BCUT2D eigenvalue weighted by atomic mass is 32.1. The van der Waals surface area contributed by atoms with Crippen LogP contribution in [0.4, 0.5) is 0 Å². The molecule has 0 radical (unpaired) electrons. The Hall–Kier alpha value is -1.86. The van der Waals surface area contributed by atoms with Gasteiger partial charge in [-0.3, -0.25) is 0 Å². The third-order valence-electron chi connectivity index (χ3n) is 3.96. The largest absolute Gasteiger partial charge is 0.136 e. The lowest BCUT2D eigenvalue weighted by Gasteiger charge is -1.99. The van der Waals surface area contributed by atoms with E-state index in [0.717, 1.165) is 6.42 Å². The van der Waals surface area contributed by atoms with Gasteiger partial charge in [0.15, 0.2) is 0 Å². The minimum atomic E-state index is 1.08. The second kappa shape index (κ2) is 4.07. The minimum absolute atomic E-state index is 1.08. The Morgan fingerprint density at radius 1 is 0.947 bits per heavy atom. The molecule has 1 aromatic heterocycles. The van der Waals surface area contributed by atoms with E-state index < -0.39 is 0 Å². The summed E-state index contributed by atoms with van der Waals surface area (Å²) in [4.78, 5) is 1.43. The van der Waals surface area contributed by atoms with Gasteiger partial charge in [0.25, 0.3) is 0 Å². The molecule has 92 valence electrons. The fraction of sp³-hybridized carbons (Fsp3) is 0.111. The zero-order valence-electron chi connectivity index (χ0n) is 10.8. The molecule has 0 N–H and O–H groups in total. The van der Waals surface area contributed by atoms with Gasteiger partial charge in [0.2, 0.25) is 0 Å². The van der Waals surface area contributed by atoms with Crippen LogP contribution in [0.5, 0.6) is 0 Å². The van der Waals surface area contributed by atoms with Crippen molar-refractivity contribution < 1.29 is 0 Å². The first kappa shape index (κ1) is 11.0. The van der Waals surface area contributed by atoms with Crippen LogP contribution in [-0.2, 0) is 6.42 Å². The molecule has 0 fully saturated rings. The molecule has 19 heavy (non-hydrogen) atoms. The molecule has 1 aliphatic carbocycles. The summed E-state index contributed by atoms with van der Waals surface area (Å²) in [7, 11) is 0. The van der Waals surface area contributed by atoms with E-state index >= 15 is 0 Å². The summed E-state index contributed by atoms with van der Waals surface area (Å²) < 4.78 is 1.38. The van der Waals surface area contributed by atoms with E-state index in [1.54, 1.807) is 0 Å². The van der Waals surface area contributed by atoms with Crippen LogP contribution in [0.15, 0.2) is 54.6 Å². The van der Waals surface area contributed by atoms with E-state index in [1.807, 2.05) is 11.3 Å². The maximum atomic E-state index is 2.34. The van der Waals surface area contributed by atoms with Crippen molar-refractivity contribution in [2.24, 2.45) is 0 Å². The van der Waals surface area contributed by atoms with Crippen LogP contribution >= 0.6 is 11.3 Å². The van der Waals surface area contributed by atoms with Gasteiger partial charge in [-0.2, -0.15) is 0 Å². The number of rotatable bonds is 1. The Kier molecular flexibility index (Phi) is 2.36. The fourth-order valence-electron chi connectivity index (χ4n) is 2.93. The standard InChI is InChI=1S/C18H14S/c1-12-15-8-4-2-6-13(15)10-16(12)18-11-14-7-3-5-9-17(14)19-18/h2-9,11H,10H2,1H3. The van der Waals surface area contributed by atoms with Gasteiger partial charge in [-0.15, -0.1) is 11.3 Å². The van der Waals surface area contributed by atoms with Crippen LogP contribution in [0.3, 0.4) is 0 Å². The average Bonchev–Trinajstić information content (AvgIpc) is 3.00. The van der Waals surface area contributed by atoms with Gasteiger partial charge >= 0.3 is 0 Å². The molecule has 0 aliphatic heterocycles. The first-order valence-corrected chi connectivity index (χ1v) is 7.41. The molecule has 3 aromatic rings. The first-order valence-electron chi connectivity index (χ1n) is 6.60. The topological polar surface area (TPSA) is 0 Å². The summed E-state index contributed by atoms with van der Waals surface area (Å²) in [6.07, 6.45) is 1.08. The van der Waals surface area contributed by atoms with Crippen molar-refractivity contribution in [1.82, 2.24) is 0 Å². The molecule has 0 saturated heterocycles. The molecule has 0 atom stereocenters. The Balaban J connectivity index is 1.88. The molecule has 0 spiro atoms. The van der Waals surface area contributed by atoms with Crippen LogP contribution in [0.25, 0.3) is 21.2 Å². The number of benzene rings is 2. The van der Waals surface area contributed by atoms with E-state index in [0.29, 0.717) is 0 Å². The fourth-order valence-corrected chi connectivity index (χ4v) is 4.09. The quantitative estimate of drug-likeness (QED) is 0.551. The molecule has 0 bridgehead atoms. The summed E-state index contributed by atoms with van der Waals surface area (Å²) >= 11 is 1.91. The van der Waals surface area contributed by atoms with Gasteiger partial charge in [-0.05, 0) is 53.1 Å². The second-order valence-electron chi connectivity index (χ2n) is 5.09. The van der Waals surface area contributed by atoms with Crippen LogP contribution in [0.2, 0.25) is 0 Å². The van der Waals surface area contributed by atoms with Crippen LogP contribution in [-0.4, -0.2) is 0 Å². The van der Waals surface area contributed by atoms with Crippen molar-refractivity contribution in [3.63, 3.8) is 0 Å². The summed E-state index contributed by atoms with van der Waals surface area (Å²) in [6, 6.07) is 19.7. The molecular formula is C18H14S. The van der Waals surface area contributed by atoms with E-state index in [4.69, 9.17) is 0 Å². The Labute approximate surface area is 117 Å². The number of thiophene rings is 1. The Morgan fingerprint density at radius 3 is 2.58 bits per heavy atom. The van der Waals surface area contributed by atoms with Crippen molar-refractivity contribution >= 4 is 32.6 Å². The Bertz CT molecular complexity index is 772. The lowest BCUT2D eigenvalue weighted by atomic mass is 10.1. The molecule has 1 heterocycles. The molecule has 0 nitrogen and oxygen atoms in total. The molecule has 1 heteroatoms. The highest BCUT2D eigenvalue weighted by Crippen LogP contribution is 2.41. The van der Waals surface area contributed by atoms with Gasteiger partial charge in [0.1, 0.15) is 0 Å². The van der Waals surface area contributed by atoms with Crippen molar-refractivity contribution in [1.29, 1.82) is 0 Å². The zero-order chi connectivity index (χ0) is 12.8. The SMILES string of the molecule is CC1=C(c2cc3ccccc3s2)Cc2ccccc21. The second-order valence-corrected chi connectivity index (χ2v) is 6.17. The highest BCUT2D eigenvalue weighted by Gasteiger charge is 2.20. The molecule has 2 aromatic carbocycles. The molecule has 0 amide bonds. The van der Waals surface area contributed by atoms with E-state index in [1.165, 1.54) is 37.2 Å². The predicted molar refractivity (Wildman–Crippen MR) is 84.5 cm³/mol. The predicted octanol–water partition coefficient (Wildman–Crippen LogP) is 5.39. The third kappa shape index (κ3) is 1.66. The monoisotopic (exact) mass is 262 g/mol. The number of allylic oxidation sites excluding steroid dienone is 2.